The minimum absolute atomic E-state index is 0.0849. The molecule has 0 aromatic carbocycles. The Morgan fingerprint density at radius 1 is 1.56 bits per heavy atom. The number of hydrogen-bond donors (Lipinski definition) is 3. The molecule has 94 valence electrons. The molecule has 16 heavy (non-hydrogen) atoms. The normalized spacial score (nSPS) is 24.2. The van der Waals surface area contributed by atoms with Gasteiger partial charge in [0.25, 0.3) is 0 Å². The quantitative estimate of drug-likeness (QED) is 0.274. The largest absolute Gasteiger partial charge is 0.409 e. The zero-order chi connectivity index (χ0) is 12.2. The molecule has 0 aromatic heterocycles. The van der Waals surface area contributed by atoms with Crippen LogP contribution in [0.1, 0.15) is 26.2 Å². The van der Waals surface area contributed by atoms with Crippen LogP contribution in [0.3, 0.4) is 0 Å². The highest BCUT2D eigenvalue weighted by atomic mass is 32.2. The van der Waals surface area contributed by atoms with Gasteiger partial charge in [-0.1, -0.05) is 5.16 Å². The second kappa shape index (κ2) is 5.49. The van der Waals surface area contributed by atoms with Crippen LogP contribution in [0, 0.1) is 0 Å². The molecule has 1 aliphatic rings. The molecule has 0 radical (unpaired) electrons. The lowest BCUT2D eigenvalue weighted by molar-refractivity contribution is 0.315. The van der Waals surface area contributed by atoms with Gasteiger partial charge in [-0.2, -0.15) is 0 Å². The lowest BCUT2D eigenvalue weighted by Crippen LogP contribution is -2.43. The maximum Gasteiger partial charge on any atom is 0.150 e. The highest BCUT2D eigenvalue weighted by molar-refractivity contribution is 7.91. The lowest BCUT2D eigenvalue weighted by atomic mass is 10.1. The third-order valence-corrected chi connectivity index (χ3v) is 4.43. The van der Waals surface area contributed by atoms with Gasteiger partial charge in [0.1, 0.15) is 15.7 Å². The first-order valence-corrected chi connectivity index (χ1v) is 7.18. The SMILES string of the molecule is CC(CC(N)=NO)NC1CCS(=O)(=O)CC1. The Labute approximate surface area is 95.8 Å². The number of nitrogens with zero attached hydrogens (tertiary/aromatic N) is 1. The van der Waals surface area contributed by atoms with Gasteiger partial charge in [0.15, 0.2) is 0 Å². The van der Waals surface area contributed by atoms with Gasteiger partial charge in [0.05, 0.1) is 11.5 Å². The van der Waals surface area contributed by atoms with Gasteiger partial charge in [-0.25, -0.2) is 8.42 Å². The molecule has 1 aliphatic heterocycles. The van der Waals surface area contributed by atoms with Gasteiger partial charge < -0.3 is 16.3 Å². The molecule has 4 N–H and O–H groups in total. The molecule has 0 amide bonds. The van der Waals surface area contributed by atoms with E-state index in [0.29, 0.717) is 19.3 Å². The Bertz CT molecular complexity index is 339. The van der Waals surface area contributed by atoms with Crippen molar-refractivity contribution in [2.24, 2.45) is 10.9 Å². The van der Waals surface area contributed by atoms with Gasteiger partial charge in [-0.05, 0) is 19.8 Å². The summed E-state index contributed by atoms with van der Waals surface area (Å²) in [6.07, 6.45) is 1.74. The maximum atomic E-state index is 11.2. The molecule has 1 atom stereocenters. The van der Waals surface area contributed by atoms with Crippen molar-refractivity contribution in [2.75, 3.05) is 11.5 Å². The van der Waals surface area contributed by atoms with Crippen LogP contribution in [0.2, 0.25) is 0 Å². The van der Waals surface area contributed by atoms with Crippen LogP contribution in [0.15, 0.2) is 5.16 Å². The summed E-state index contributed by atoms with van der Waals surface area (Å²) in [6.45, 7) is 1.93. The van der Waals surface area contributed by atoms with E-state index < -0.39 is 9.84 Å². The van der Waals surface area contributed by atoms with Crippen molar-refractivity contribution in [3.63, 3.8) is 0 Å². The molecule has 1 heterocycles. The molecular weight excluding hydrogens is 230 g/mol. The van der Waals surface area contributed by atoms with Crippen molar-refractivity contribution in [3.8, 4) is 0 Å². The van der Waals surface area contributed by atoms with Crippen molar-refractivity contribution in [3.05, 3.63) is 0 Å². The summed E-state index contributed by atoms with van der Waals surface area (Å²) in [5.41, 5.74) is 5.39. The smallest absolute Gasteiger partial charge is 0.150 e. The Morgan fingerprint density at radius 2 is 2.12 bits per heavy atom. The summed E-state index contributed by atoms with van der Waals surface area (Å²) in [4.78, 5) is 0. The van der Waals surface area contributed by atoms with E-state index in [4.69, 9.17) is 10.9 Å². The van der Waals surface area contributed by atoms with E-state index in [9.17, 15) is 8.42 Å². The van der Waals surface area contributed by atoms with Crippen LogP contribution in [0.25, 0.3) is 0 Å². The van der Waals surface area contributed by atoms with Gasteiger partial charge in [0.2, 0.25) is 0 Å². The van der Waals surface area contributed by atoms with E-state index in [1.165, 1.54) is 0 Å². The summed E-state index contributed by atoms with van der Waals surface area (Å²) >= 11 is 0. The summed E-state index contributed by atoms with van der Waals surface area (Å²) in [5, 5.41) is 14.6. The predicted octanol–water partition coefficient (Wildman–Crippen LogP) is -0.322. The number of hydrogen-bond acceptors (Lipinski definition) is 5. The van der Waals surface area contributed by atoms with E-state index >= 15 is 0 Å². The minimum Gasteiger partial charge on any atom is -0.409 e. The first kappa shape index (κ1) is 13.2. The van der Waals surface area contributed by atoms with E-state index in [0.717, 1.165) is 0 Å². The number of sulfone groups is 1. The molecular formula is C9H19N3O3S. The van der Waals surface area contributed by atoms with Gasteiger partial charge in [-0.3, -0.25) is 0 Å². The summed E-state index contributed by atoms with van der Waals surface area (Å²) in [6, 6.07) is 0.298. The zero-order valence-electron chi connectivity index (χ0n) is 9.39. The number of amidine groups is 1. The van der Waals surface area contributed by atoms with E-state index in [1.54, 1.807) is 0 Å². The third-order valence-electron chi connectivity index (χ3n) is 2.72. The summed E-state index contributed by atoms with van der Waals surface area (Å²) in [7, 11) is -2.81. The lowest BCUT2D eigenvalue weighted by Gasteiger charge is -2.26. The van der Waals surface area contributed by atoms with Crippen LogP contribution in [0.4, 0.5) is 0 Å². The van der Waals surface area contributed by atoms with Crippen molar-refractivity contribution < 1.29 is 13.6 Å². The molecule has 0 spiro atoms. The molecule has 0 bridgehead atoms. The molecule has 0 aliphatic carbocycles. The molecule has 0 saturated carbocycles. The molecule has 0 aromatic rings. The fourth-order valence-corrected chi connectivity index (χ4v) is 3.36. The predicted molar refractivity (Wildman–Crippen MR) is 62.3 cm³/mol. The fourth-order valence-electron chi connectivity index (χ4n) is 1.87. The van der Waals surface area contributed by atoms with Crippen LogP contribution in [-0.4, -0.2) is 43.1 Å². The van der Waals surface area contributed by atoms with Crippen LogP contribution in [-0.2, 0) is 9.84 Å². The first-order chi connectivity index (χ1) is 7.43. The fraction of sp³-hybridized carbons (Fsp3) is 0.889. The Kier molecular flexibility index (Phi) is 4.55. The molecule has 7 heteroatoms. The Hall–Kier alpha value is -0.820. The van der Waals surface area contributed by atoms with Gasteiger partial charge in [0, 0.05) is 18.5 Å². The second-order valence-electron chi connectivity index (χ2n) is 4.29. The molecule has 1 saturated heterocycles. The Morgan fingerprint density at radius 3 is 2.62 bits per heavy atom. The average molecular weight is 249 g/mol. The highest BCUT2D eigenvalue weighted by Gasteiger charge is 2.24. The molecule has 6 nitrogen and oxygen atoms in total. The number of nitrogens with two attached hydrogens (primary N) is 1. The summed E-state index contributed by atoms with van der Waals surface area (Å²) in [5.74, 6) is 0.686. The second-order valence-corrected chi connectivity index (χ2v) is 6.59. The molecule has 1 fully saturated rings. The van der Waals surface area contributed by atoms with Gasteiger partial charge >= 0.3 is 0 Å². The molecule has 1 rings (SSSR count). The minimum atomic E-state index is -2.81. The monoisotopic (exact) mass is 249 g/mol. The summed E-state index contributed by atoms with van der Waals surface area (Å²) < 4.78 is 22.4. The van der Waals surface area contributed by atoms with Crippen LogP contribution >= 0.6 is 0 Å². The highest BCUT2D eigenvalue weighted by Crippen LogP contribution is 2.13. The third kappa shape index (κ3) is 4.36. The van der Waals surface area contributed by atoms with Crippen molar-refractivity contribution >= 4 is 15.7 Å². The number of nitrogens with one attached hydrogen (secondary N) is 1. The Balaban J connectivity index is 2.34. The van der Waals surface area contributed by atoms with E-state index in [2.05, 4.69) is 10.5 Å². The number of oxime groups is 1. The van der Waals surface area contributed by atoms with Crippen molar-refractivity contribution in [1.82, 2.24) is 5.32 Å². The van der Waals surface area contributed by atoms with Crippen molar-refractivity contribution in [2.45, 2.75) is 38.3 Å². The first-order valence-electron chi connectivity index (χ1n) is 5.36. The topological polar surface area (TPSA) is 105 Å². The average Bonchev–Trinajstić information content (AvgIpc) is 2.21. The number of rotatable bonds is 4. The van der Waals surface area contributed by atoms with Gasteiger partial charge in [-0.15, -0.1) is 0 Å². The van der Waals surface area contributed by atoms with Crippen LogP contribution < -0.4 is 11.1 Å². The zero-order valence-corrected chi connectivity index (χ0v) is 10.2. The van der Waals surface area contributed by atoms with Crippen molar-refractivity contribution in [1.29, 1.82) is 0 Å². The van der Waals surface area contributed by atoms with E-state index in [1.807, 2.05) is 6.92 Å². The van der Waals surface area contributed by atoms with E-state index in [-0.39, 0.29) is 29.4 Å². The maximum absolute atomic E-state index is 11.2. The standard InChI is InChI=1S/C9H19N3O3S/c1-7(6-9(10)12-13)11-8-2-4-16(14,15)5-3-8/h7-8,11,13H,2-6H2,1H3,(H2,10,12). The molecule has 1 unspecified atom stereocenters. The van der Waals surface area contributed by atoms with Crippen LogP contribution in [0.5, 0.6) is 0 Å².